The van der Waals surface area contributed by atoms with Crippen molar-refractivity contribution >= 4 is 17.2 Å². The highest BCUT2D eigenvalue weighted by Gasteiger charge is 2.40. The monoisotopic (exact) mass is 430 g/mol. The van der Waals surface area contributed by atoms with Crippen LogP contribution in [0.1, 0.15) is 44.7 Å². The Kier molecular flexibility index (Phi) is 5.55. The maximum atomic E-state index is 12.6. The van der Waals surface area contributed by atoms with Crippen LogP contribution in [0.25, 0.3) is 0 Å². The third-order valence-electron chi connectivity index (χ3n) is 6.25. The molecule has 0 bridgehead atoms. The molecule has 2 aliphatic rings. The summed E-state index contributed by atoms with van der Waals surface area (Å²) in [4.78, 5) is 22.0. The van der Waals surface area contributed by atoms with E-state index in [1.807, 2.05) is 25.2 Å². The van der Waals surface area contributed by atoms with Gasteiger partial charge in [-0.15, -0.1) is 0 Å². The number of aliphatic hydroxyl groups excluding tert-OH is 1. The van der Waals surface area contributed by atoms with E-state index in [2.05, 4.69) is 45.0 Å². The molecule has 0 saturated heterocycles. The van der Waals surface area contributed by atoms with E-state index in [9.17, 15) is 9.90 Å². The van der Waals surface area contributed by atoms with E-state index in [-0.39, 0.29) is 30.8 Å². The van der Waals surface area contributed by atoms with Gasteiger partial charge in [-0.05, 0) is 24.2 Å². The van der Waals surface area contributed by atoms with E-state index < -0.39 is 0 Å². The van der Waals surface area contributed by atoms with Crippen LogP contribution in [0.3, 0.4) is 0 Å². The smallest absolute Gasteiger partial charge is 0.184 e. The van der Waals surface area contributed by atoms with Crippen molar-refractivity contribution in [2.24, 2.45) is 4.99 Å². The number of rotatable bonds is 6. The SMILES string of the molecule is CNCc1ccc(C2CNc3cccc4c3C(=NCC4=O)C2c2ncnn2CCO)cc1. The maximum absolute atomic E-state index is 12.6. The minimum Gasteiger partial charge on any atom is -0.394 e. The van der Waals surface area contributed by atoms with Crippen molar-refractivity contribution in [2.45, 2.75) is 24.9 Å². The van der Waals surface area contributed by atoms with Gasteiger partial charge in [0.05, 0.1) is 24.8 Å². The van der Waals surface area contributed by atoms with E-state index in [1.165, 1.54) is 11.9 Å². The van der Waals surface area contributed by atoms with E-state index in [0.717, 1.165) is 34.9 Å². The molecule has 5 rings (SSSR count). The summed E-state index contributed by atoms with van der Waals surface area (Å²) in [5, 5.41) is 20.7. The van der Waals surface area contributed by atoms with Crippen molar-refractivity contribution in [3.05, 3.63) is 76.9 Å². The lowest BCUT2D eigenvalue weighted by Gasteiger charge is -2.28. The van der Waals surface area contributed by atoms with Gasteiger partial charge in [0.1, 0.15) is 18.7 Å². The fourth-order valence-electron chi connectivity index (χ4n) is 4.79. The molecule has 0 amide bonds. The van der Waals surface area contributed by atoms with E-state index in [0.29, 0.717) is 18.7 Å². The molecule has 2 atom stereocenters. The molecular weight excluding hydrogens is 404 g/mol. The Morgan fingerprint density at radius 1 is 1.22 bits per heavy atom. The van der Waals surface area contributed by atoms with Crippen molar-refractivity contribution in [3.63, 3.8) is 0 Å². The molecule has 0 radical (unpaired) electrons. The van der Waals surface area contributed by atoms with Crippen LogP contribution < -0.4 is 10.6 Å². The molecule has 8 nitrogen and oxygen atoms in total. The fraction of sp³-hybridized carbons (Fsp3) is 0.333. The number of anilines is 1. The average molecular weight is 431 g/mol. The standard InChI is InChI=1S/C24H26N6O2/c1-25-11-15-5-7-16(8-6-15)18-12-26-19-4-2-3-17-20(32)13-27-23(21(17)19)22(18)24-28-14-29-30(24)9-10-31/h2-8,14,18,22,25-26,31H,9-13H2,1H3. The number of aliphatic imine (C=N–C) groups is 1. The number of nitrogens with zero attached hydrogens (tertiary/aromatic N) is 4. The summed E-state index contributed by atoms with van der Waals surface area (Å²) in [6.45, 7) is 1.92. The van der Waals surface area contributed by atoms with E-state index in [1.54, 1.807) is 4.68 Å². The molecule has 3 heterocycles. The van der Waals surface area contributed by atoms with Crippen LogP contribution in [0.15, 0.2) is 53.8 Å². The van der Waals surface area contributed by atoms with E-state index in [4.69, 9.17) is 4.99 Å². The van der Waals surface area contributed by atoms with Crippen molar-refractivity contribution in [2.75, 3.05) is 32.1 Å². The molecule has 2 aromatic carbocycles. The minimum absolute atomic E-state index is 0.0208. The molecule has 2 aliphatic heterocycles. The second-order valence-electron chi connectivity index (χ2n) is 8.15. The predicted octanol–water partition coefficient (Wildman–Crippen LogP) is 1.97. The topological polar surface area (TPSA) is 104 Å². The fourth-order valence-corrected chi connectivity index (χ4v) is 4.79. The van der Waals surface area contributed by atoms with Gasteiger partial charge in [-0.25, -0.2) is 9.67 Å². The second kappa shape index (κ2) is 8.64. The van der Waals surface area contributed by atoms with Gasteiger partial charge in [0.25, 0.3) is 0 Å². The molecule has 0 spiro atoms. The van der Waals surface area contributed by atoms with Gasteiger partial charge < -0.3 is 15.7 Å². The number of carbonyl (C=O) groups excluding carboxylic acids is 1. The molecule has 164 valence electrons. The van der Waals surface area contributed by atoms with Crippen molar-refractivity contribution < 1.29 is 9.90 Å². The zero-order valence-electron chi connectivity index (χ0n) is 18.0. The first-order valence-electron chi connectivity index (χ1n) is 10.9. The number of nitrogens with one attached hydrogen (secondary N) is 2. The Hall–Kier alpha value is -3.36. The number of ketones is 1. The summed E-state index contributed by atoms with van der Waals surface area (Å²) >= 11 is 0. The Labute approximate surface area is 186 Å². The first kappa shape index (κ1) is 20.5. The molecule has 3 N–H and O–H groups in total. The zero-order chi connectivity index (χ0) is 22.1. The third-order valence-corrected chi connectivity index (χ3v) is 6.25. The number of hydrogen-bond acceptors (Lipinski definition) is 7. The maximum Gasteiger partial charge on any atom is 0.184 e. The summed E-state index contributed by atoms with van der Waals surface area (Å²) in [5.41, 5.74) is 5.71. The normalized spacial score (nSPS) is 19.7. The van der Waals surface area contributed by atoms with Gasteiger partial charge >= 0.3 is 0 Å². The Morgan fingerprint density at radius 2 is 2.06 bits per heavy atom. The van der Waals surface area contributed by atoms with Crippen LogP contribution in [-0.2, 0) is 13.1 Å². The quantitative estimate of drug-likeness (QED) is 0.552. The first-order valence-corrected chi connectivity index (χ1v) is 10.9. The highest BCUT2D eigenvalue weighted by atomic mass is 16.3. The highest BCUT2D eigenvalue weighted by molar-refractivity contribution is 6.20. The Balaban J connectivity index is 1.67. The van der Waals surface area contributed by atoms with Crippen LogP contribution in [0, 0.1) is 0 Å². The van der Waals surface area contributed by atoms with Gasteiger partial charge in [0.2, 0.25) is 0 Å². The van der Waals surface area contributed by atoms with Gasteiger partial charge in [0, 0.05) is 35.8 Å². The molecule has 2 unspecified atom stereocenters. The van der Waals surface area contributed by atoms with Gasteiger partial charge in [-0.1, -0.05) is 36.4 Å². The highest BCUT2D eigenvalue weighted by Crippen LogP contribution is 2.42. The molecule has 32 heavy (non-hydrogen) atoms. The van der Waals surface area contributed by atoms with E-state index >= 15 is 0 Å². The first-order chi connectivity index (χ1) is 15.7. The second-order valence-corrected chi connectivity index (χ2v) is 8.15. The van der Waals surface area contributed by atoms with Crippen molar-refractivity contribution in [3.8, 4) is 0 Å². The third kappa shape index (κ3) is 3.51. The van der Waals surface area contributed by atoms with Crippen LogP contribution in [-0.4, -0.2) is 58.1 Å². The largest absolute Gasteiger partial charge is 0.394 e. The Bertz CT molecular complexity index is 1170. The molecule has 3 aromatic rings. The van der Waals surface area contributed by atoms with Gasteiger partial charge in [-0.3, -0.25) is 9.79 Å². The summed E-state index contributed by atoms with van der Waals surface area (Å²) < 4.78 is 1.75. The van der Waals surface area contributed by atoms with Crippen LogP contribution in [0.2, 0.25) is 0 Å². The molecule has 0 aliphatic carbocycles. The van der Waals surface area contributed by atoms with Gasteiger partial charge in [0.15, 0.2) is 5.78 Å². The number of benzene rings is 2. The number of carbonyl (C=O) groups is 1. The lowest BCUT2D eigenvalue weighted by Crippen LogP contribution is -2.30. The summed E-state index contributed by atoms with van der Waals surface area (Å²) in [5.74, 6) is 0.591. The van der Waals surface area contributed by atoms with Crippen LogP contribution in [0.5, 0.6) is 0 Å². The van der Waals surface area contributed by atoms with Crippen molar-refractivity contribution in [1.82, 2.24) is 20.1 Å². The average Bonchev–Trinajstić information content (AvgIpc) is 3.19. The summed E-state index contributed by atoms with van der Waals surface area (Å²) in [6, 6.07) is 14.4. The lowest BCUT2D eigenvalue weighted by molar-refractivity contribution is 0.1000. The number of hydrogen-bond donors (Lipinski definition) is 3. The molecule has 0 saturated carbocycles. The molecule has 0 fully saturated rings. The van der Waals surface area contributed by atoms with Gasteiger partial charge in [-0.2, -0.15) is 5.10 Å². The number of aromatic nitrogens is 3. The molecule has 1 aromatic heterocycles. The summed E-state index contributed by atoms with van der Waals surface area (Å²) in [7, 11) is 1.93. The minimum atomic E-state index is -0.206. The van der Waals surface area contributed by atoms with Crippen LogP contribution >= 0.6 is 0 Å². The number of aliphatic hydroxyl groups is 1. The lowest BCUT2D eigenvalue weighted by atomic mass is 9.78. The molecule has 8 heteroatoms. The van der Waals surface area contributed by atoms with Crippen molar-refractivity contribution in [1.29, 1.82) is 0 Å². The molecular formula is C24H26N6O2. The zero-order valence-corrected chi connectivity index (χ0v) is 18.0. The Morgan fingerprint density at radius 3 is 2.84 bits per heavy atom. The predicted molar refractivity (Wildman–Crippen MR) is 122 cm³/mol. The number of Topliss-reactive ketones (excluding diaryl/α,β-unsaturated/α-hetero) is 1. The summed E-state index contributed by atoms with van der Waals surface area (Å²) in [6.07, 6.45) is 1.53. The van der Waals surface area contributed by atoms with Crippen LogP contribution in [0.4, 0.5) is 5.69 Å².